The van der Waals surface area contributed by atoms with Crippen LogP contribution in [0.4, 0.5) is 0 Å². The maximum absolute atomic E-state index is 13.0. The third-order valence-corrected chi connectivity index (χ3v) is 6.60. The van der Waals surface area contributed by atoms with E-state index < -0.39 is 6.10 Å². The Morgan fingerprint density at radius 3 is 2.68 bits per heavy atom. The van der Waals surface area contributed by atoms with Crippen molar-refractivity contribution in [3.05, 3.63) is 72.6 Å². The van der Waals surface area contributed by atoms with Crippen LogP contribution >= 0.6 is 0 Å². The van der Waals surface area contributed by atoms with Crippen LogP contribution in [0.15, 0.2) is 66.9 Å². The number of likely N-dealkylation sites (tertiary alicyclic amines) is 1. The molecule has 1 aliphatic heterocycles. The number of benzene rings is 1. The van der Waals surface area contributed by atoms with E-state index in [1.165, 1.54) is 0 Å². The molecule has 154 valence electrons. The van der Waals surface area contributed by atoms with E-state index in [-0.39, 0.29) is 11.3 Å². The van der Waals surface area contributed by atoms with Crippen LogP contribution in [-0.2, 0) is 0 Å². The largest absolute Gasteiger partial charge is 0.391 e. The number of nitrogens with zero attached hydrogens (tertiary/aromatic N) is 3. The van der Waals surface area contributed by atoms with Crippen LogP contribution in [0, 0.1) is 5.41 Å². The molecule has 1 unspecified atom stereocenters. The highest BCUT2D eigenvalue weighted by Gasteiger charge is 2.55. The van der Waals surface area contributed by atoms with Crippen molar-refractivity contribution in [2.45, 2.75) is 18.9 Å². The van der Waals surface area contributed by atoms with E-state index in [0.717, 1.165) is 40.7 Å². The van der Waals surface area contributed by atoms with Gasteiger partial charge in [-0.15, -0.1) is 0 Å². The number of aromatic amines is 1. The second kappa shape index (κ2) is 6.75. The molecule has 1 amide bonds. The molecule has 31 heavy (non-hydrogen) atoms. The van der Waals surface area contributed by atoms with E-state index in [1.807, 2.05) is 36.4 Å². The molecule has 6 heteroatoms. The number of β-amino-alcohol motifs (C(OH)–C–C–N with tert-alkyl or cyclic N) is 1. The highest BCUT2D eigenvalue weighted by molar-refractivity contribution is 5.93. The first-order valence-electron chi connectivity index (χ1n) is 10.6. The first-order chi connectivity index (χ1) is 15.1. The Kier molecular flexibility index (Phi) is 3.98. The maximum atomic E-state index is 13.0. The zero-order valence-electron chi connectivity index (χ0n) is 17.0. The molecular weight excluding hydrogens is 388 g/mol. The first kappa shape index (κ1) is 18.3. The van der Waals surface area contributed by atoms with Gasteiger partial charge in [-0.05, 0) is 42.7 Å². The van der Waals surface area contributed by atoms with Crippen LogP contribution < -0.4 is 0 Å². The minimum absolute atomic E-state index is 0.0625. The lowest BCUT2D eigenvalue weighted by atomic mass is 10.0. The molecule has 1 aromatic carbocycles. The van der Waals surface area contributed by atoms with E-state index in [2.05, 4.69) is 33.2 Å². The van der Waals surface area contributed by atoms with Gasteiger partial charge in [-0.1, -0.05) is 36.4 Å². The summed E-state index contributed by atoms with van der Waals surface area (Å²) in [5.41, 5.74) is 4.85. The summed E-state index contributed by atoms with van der Waals surface area (Å²) in [4.78, 5) is 27.3. The normalized spacial score (nSPS) is 19.3. The van der Waals surface area contributed by atoms with Gasteiger partial charge < -0.3 is 15.0 Å². The molecule has 4 heterocycles. The number of aliphatic hydroxyl groups excluding tert-OH is 1. The molecule has 6 nitrogen and oxygen atoms in total. The number of hydrogen-bond acceptors (Lipinski definition) is 4. The Morgan fingerprint density at radius 1 is 1.06 bits per heavy atom. The first-order valence-corrected chi connectivity index (χ1v) is 10.6. The number of carbonyl (C=O) groups is 1. The number of aromatic nitrogens is 3. The fourth-order valence-corrected chi connectivity index (χ4v) is 4.56. The van der Waals surface area contributed by atoms with Crippen molar-refractivity contribution in [1.82, 2.24) is 19.9 Å². The predicted octanol–water partition coefficient (Wildman–Crippen LogP) is 3.89. The molecule has 2 N–H and O–H groups in total. The minimum atomic E-state index is -0.418. The van der Waals surface area contributed by atoms with Gasteiger partial charge in [0.05, 0.1) is 11.8 Å². The molecule has 4 aromatic rings. The topological polar surface area (TPSA) is 82.1 Å². The van der Waals surface area contributed by atoms with Gasteiger partial charge in [0.1, 0.15) is 11.3 Å². The second-order valence-corrected chi connectivity index (χ2v) is 8.68. The molecule has 1 aliphatic carbocycles. The van der Waals surface area contributed by atoms with Crippen LogP contribution in [0.5, 0.6) is 0 Å². The molecular formula is C25H22N4O2. The maximum Gasteiger partial charge on any atom is 0.272 e. The predicted molar refractivity (Wildman–Crippen MR) is 118 cm³/mol. The van der Waals surface area contributed by atoms with Gasteiger partial charge in [0.15, 0.2) is 0 Å². The van der Waals surface area contributed by atoms with E-state index in [1.54, 1.807) is 17.2 Å². The van der Waals surface area contributed by atoms with Crippen molar-refractivity contribution in [3.8, 4) is 22.5 Å². The average molecular weight is 410 g/mol. The summed E-state index contributed by atoms with van der Waals surface area (Å²) < 4.78 is 0. The van der Waals surface area contributed by atoms with Gasteiger partial charge in [0.25, 0.3) is 5.91 Å². The number of H-pyrrole nitrogens is 1. The second-order valence-electron chi connectivity index (χ2n) is 8.68. The monoisotopic (exact) mass is 410 g/mol. The van der Waals surface area contributed by atoms with Gasteiger partial charge >= 0.3 is 0 Å². The summed E-state index contributed by atoms with van der Waals surface area (Å²) in [6.45, 7) is 1.02. The third-order valence-electron chi connectivity index (χ3n) is 6.60. The van der Waals surface area contributed by atoms with E-state index in [9.17, 15) is 9.90 Å². The summed E-state index contributed by atoms with van der Waals surface area (Å²) in [7, 11) is 0. The van der Waals surface area contributed by atoms with E-state index in [0.29, 0.717) is 24.5 Å². The molecule has 6 rings (SSSR count). The number of carbonyl (C=O) groups excluding carboxylic acids is 1. The van der Waals surface area contributed by atoms with Crippen molar-refractivity contribution in [2.75, 3.05) is 13.1 Å². The van der Waals surface area contributed by atoms with Crippen molar-refractivity contribution in [3.63, 3.8) is 0 Å². The molecule has 3 aromatic heterocycles. The van der Waals surface area contributed by atoms with Crippen LogP contribution in [-0.4, -0.2) is 50.1 Å². The highest BCUT2D eigenvalue weighted by Crippen LogP contribution is 2.52. The zero-order valence-corrected chi connectivity index (χ0v) is 17.0. The Bertz CT molecular complexity index is 1290. The number of pyridine rings is 2. The lowest BCUT2D eigenvalue weighted by Gasteiger charge is -2.15. The highest BCUT2D eigenvalue weighted by atomic mass is 16.3. The smallest absolute Gasteiger partial charge is 0.272 e. The minimum Gasteiger partial charge on any atom is -0.391 e. The van der Waals surface area contributed by atoms with Gasteiger partial charge in [-0.3, -0.25) is 4.79 Å². The Morgan fingerprint density at radius 2 is 1.90 bits per heavy atom. The van der Waals surface area contributed by atoms with E-state index in [4.69, 9.17) is 0 Å². The summed E-state index contributed by atoms with van der Waals surface area (Å²) >= 11 is 0. The Labute approximate surface area is 179 Å². The molecule has 0 bridgehead atoms. The van der Waals surface area contributed by atoms with Crippen LogP contribution in [0.3, 0.4) is 0 Å². The SMILES string of the molecule is O=C(c1cccc(-c2cnc3[nH]c(-c4ccccc4)cc3c2)n1)N1CC(O)C2(CC2)C1. The molecule has 1 spiro atoms. The van der Waals surface area contributed by atoms with Gasteiger partial charge in [0, 0.05) is 41.3 Å². The van der Waals surface area contributed by atoms with Crippen LogP contribution in [0.1, 0.15) is 23.3 Å². The standard InChI is InChI=1S/C25H22N4O2/c30-22-14-29(15-25(22)9-10-25)24(31)20-8-4-7-19(27-20)18-11-17-12-21(28-23(17)26-13-18)16-5-2-1-3-6-16/h1-8,11-13,22,30H,9-10,14-15H2,(H,26,28). The van der Waals surface area contributed by atoms with Crippen molar-refractivity contribution in [1.29, 1.82) is 0 Å². The number of fused-ring (bicyclic) bond motifs is 1. The molecule has 2 aliphatic rings. The molecule has 2 fully saturated rings. The van der Waals surface area contributed by atoms with E-state index >= 15 is 0 Å². The van der Waals surface area contributed by atoms with Crippen molar-refractivity contribution in [2.24, 2.45) is 5.41 Å². The summed E-state index contributed by atoms with van der Waals surface area (Å²) in [6, 6.07) is 19.7. The lowest BCUT2D eigenvalue weighted by molar-refractivity contribution is 0.0759. The quantitative estimate of drug-likeness (QED) is 0.537. The Hall–Kier alpha value is -3.51. The fourth-order valence-electron chi connectivity index (χ4n) is 4.56. The van der Waals surface area contributed by atoms with Crippen molar-refractivity contribution >= 4 is 16.9 Å². The summed E-state index contributed by atoms with van der Waals surface area (Å²) in [5.74, 6) is -0.119. The summed E-state index contributed by atoms with van der Waals surface area (Å²) in [6.07, 6.45) is 3.36. The Balaban J connectivity index is 1.30. The van der Waals surface area contributed by atoms with Gasteiger partial charge in [0.2, 0.25) is 0 Å². The summed E-state index contributed by atoms with van der Waals surface area (Å²) in [5, 5.41) is 11.3. The lowest BCUT2D eigenvalue weighted by Crippen LogP contribution is -2.30. The number of nitrogens with one attached hydrogen (secondary N) is 1. The van der Waals surface area contributed by atoms with Gasteiger partial charge in [-0.25, -0.2) is 9.97 Å². The van der Waals surface area contributed by atoms with Crippen LogP contribution in [0.25, 0.3) is 33.5 Å². The molecule has 1 saturated heterocycles. The van der Waals surface area contributed by atoms with Crippen molar-refractivity contribution < 1.29 is 9.90 Å². The number of aliphatic hydroxyl groups is 1. The zero-order chi connectivity index (χ0) is 21.0. The molecule has 1 atom stereocenters. The molecule has 0 radical (unpaired) electrons. The number of hydrogen-bond donors (Lipinski definition) is 2. The number of amides is 1. The number of rotatable bonds is 3. The molecule has 1 saturated carbocycles. The third kappa shape index (κ3) is 3.11. The fraction of sp³-hybridized carbons (Fsp3) is 0.240. The van der Waals surface area contributed by atoms with Gasteiger partial charge in [-0.2, -0.15) is 0 Å². The van der Waals surface area contributed by atoms with Crippen LogP contribution in [0.2, 0.25) is 0 Å². The average Bonchev–Trinajstić information content (AvgIpc) is 3.35.